The standard InChI is InChI=1S/C9H14ClN3O2S/c1-2-3-8-11-12-9(10)13(8)7-4-5-16(14,15)6-7/h7H,2-6H2,1H3. The fraction of sp³-hybridized carbons (Fsp3) is 0.778. The summed E-state index contributed by atoms with van der Waals surface area (Å²) in [6.45, 7) is 2.04. The minimum Gasteiger partial charge on any atom is -0.298 e. The van der Waals surface area contributed by atoms with Crippen molar-refractivity contribution in [2.24, 2.45) is 0 Å². The molecule has 0 amide bonds. The molecule has 1 aromatic heterocycles. The molecule has 2 heterocycles. The van der Waals surface area contributed by atoms with Crippen molar-refractivity contribution in [3.63, 3.8) is 0 Å². The highest BCUT2D eigenvalue weighted by molar-refractivity contribution is 7.91. The maximum absolute atomic E-state index is 11.4. The van der Waals surface area contributed by atoms with Crippen LogP contribution in [0.5, 0.6) is 0 Å². The molecule has 1 aliphatic rings. The molecule has 16 heavy (non-hydrogen) atoms. The van der Waals surface area contributed by atoms with Crippen molar-refractivity contribution in [2.75, 3.05) is 11.5 Å². The SMILES string of the molecule is CCCc1nnc(Cl)n1C1CCS(=O)(=O)C1. The van der Waals surface area contributed by atoms with E-state index < -0.39 is 9.84 Å². The van der Waals surface area contributed by atoms with Gasteiger partial charge in [-0.2, -0.15) is 0 Å². The van der Waals surface area contributed by atoms with Gasteiger partial charge in [-0.25, -0.2) is 8.42 Å². The fourth-order valence-electron chi connectivity index (χ4n) is 2.04. The molecule has 0 radical (unpaired) electrons. The summed E-state index contributed by atoms with van der Waals surface area (Å²) >= 11 is 5.95. The van der Waals surface area contributed by atoms with E-state index in [9.17, 15) is 8.42 Å². The molecule has 1 fully saturated rings. The lowest BCUT2D eigenvalue weighted by molar-refractivity contribution is 0.529. The molecule has 0 aliphatic carbocycles. The lowest BCUT2D eigenvalue weighted by atomic mass is 10.2. The van der Waals surface area contributed by atoms with Crippen LogP contribution in [0.1, 0.15) is 31.6 Å². The molecule has 0 aromatic carbocycles. The highest BCUT2D eigenvalue weighted by Gasteiger charge is 2.31. The van der Waals surface area contributed by atoms with E-state index in [1.807, 2.05) is 6.92 Å². The van der Waals surface area contributed by atoms with E-state index in [0.29, 0.717) is 11.7 Å². The van der Waals surface area contributed by atoms with E-state index in [1.165, 1.54) is 0 Å². The molecule has 5 nitrogen and oxygen atoms in total. The van der Waals surface area contributed by atoms with Crippen LogP contribution in [0.2, 0.25) is 5.28 Å². The second kappa shape index (κ2) is 4.33. The first-order valence-electron chi connectivity index (χ1n) is 5.33. The molecule has 7 heteroatoms. The Hall–Kier alpha value is -0.620. The van der Waals surface area contributed by atoms with Crippen molar-refractivity contribution in [2.45, 2.75) is 32.2 Å². The average Bonchev–Trinajstić information content (AvgIpc) is 2.71. The minimum atomic E-state index is -2.90. The summed E-state index contributed by atoms with van der Waals surface area (Å²) in [7, 11) is -2.90. The lowest BCUT2D eigenvalue weighted by Gasteiger charge is -2.13. The molecular weight excluding hydrogens is 250 g/mol. The van der Waals surface area contributed by atoms with E-state index in [2.05, 4.69) is 10.2 Å². The first-order chi connectivity index (χ1) is 7.53. The van der Waals surface area contributed by atoms with Gasteiger partial charge in [-0.1, -0.05) is 6.92 Å². The molecule has 1 atom stereocenters. The van der Waals surface area contributed by atoms with Gasteiger partial charge in [0, 0.05) is 6.42 Å². The summed E-state index contributed by atoms with van der Waals surface area (Å²) in [4.78, 5) is 0. The Morgan fingerprint density at radius 1 is 1.50 bits per heavy atom. The van der Waals surface area contributed by atoms with Gasteiger partial charge in [0.05, 0.1) is 17.5 Å². The predicted molar refractivity (Wildman–Crippen MR) is 61.3 cm³/mol. The van der Waals surface area contributed by atoms with Crippen molar-refractivity contribution in [1.29, 1.82) is 0 Å². The predicted octanol–water partition coefficient (Wildman–Crippen LogP) is 1.24. The van der Waals surface area contributed by atoms with Crippen LogP contribution >= 0.6 is 11.6 Å². The average molecular weight is 264 g/mol. The van der Waals surface area contributed by atoms with Crippen LogP contribution in [0.15, 0.2) is 0 Å². The van der Waals surface area contributed by atoms with Gasteiger partial charge >= 0.3 is 0 Å². The summed E-state index contributed by atoms with van der Waals surface area (Å²) in [5.74, 6) is 1.17. The molecule has 0 spiro atoms. The third-order valence-electron chi connectivity index (χ3n) is 2.77. The van der Waals surface area contributed by atoms with Gasteiger partial charge in [0.25, 0.3) is 0 Å². The molecule has 1 unspecified atom stereocenters. The van der Waals surface area contributed by atoms with Crippen LogP contribution in [-0.4, -0.2) is 34.7 Å². The Kier molecular flexibility index (Phi) is 3.21. The van der Waals surface area contributed by atoms with Crippen LogP contribution in [0.3, 0.4) is 0 Å². The Labute approximate surface area is 99.7 Å². The van der Waals surface area contributed by atoms with Crippen molar-refractivity contribution in [1.82, 2.24) is 14.8 Å². The molecule has 1 aliphatic heterocycles. The monoisotopic (exact) mass is 263 g/mol. The van der Waals surface area contributed by atoms with Gasteiger partial charge in [0.15, 0.2) is 9.84 Å². The zero-order valence-corrected chi connectivity index (χ0v) is 10.6. The molecular formula is C9H14ClN3O2S. The maximum atomic E-state index is 11.4. The van der Waals surface area contributed by atoms with Crippen molar-refractivity contribution >= 4 is 21.4 Å². The summed E-state index contributed by atoms with van der Waals surface area (Å²) < 4.78 is 24.6. The maximum Gasteiger partial charge on any atom is 0.225 e. The van der Waals surface area contributed by atoms with Gasteiger partial charge < -0.3 is 0 Å². The van der Waals surface area contributed by atoms with Gasteiger partial charge in [-0.3, -0.25) is 4.57 Å². The lowest BCUT2D eigenvalue weighted by Crippen LogP contribution is -2.14. The minimum absolute atomic E-state index is 0.0888. The quantitative estimate of drug-likeness (QED) is 0.823. The van der Waals surface area contributed by atoms with Gasteiger partial charge in [-0.05, 0) is 24.4 Å². The second-order valence-electron chi connectivity index (χ2n) is 4.06. The number of aryl methyl sites for hydroxylation is 1. The Balaban J connectivity index is 2.30. The number of sulfone groups is 1. The Bertz CT molecular complexity index is 483. The number of hydrogen-bond acceptors (Lipinski definition) is 4. The largest absolute Gasteiger partial charge is 0.298 e. The first-order valence-corrected chi connectivity index (χ1v) is 7.53. The third kappa shape index (κ3) is 2.22. The van der Waals surface area contributed by atoms with Gasteiger partial charge in [0.2, 0.25) is 5.28 Å². The Morgan fingerprint density at radius 3 is 2.81 bits per heavy atom. The van der Waals surface area contributed by atoms with Gasteiger partial charge in [-0.15, -0.1) is 10.2 Å². The van der Waals surface area contributed by atoms with E-state index in [-0.39, 0.29) is 17.5 Å². The van der Waals surface area contributed by atoms with E-state index in [0.717, 1.165) is 18.7 Å². The summed E-state index contributed by atoms with van der Waals surface area (Å²) in [6, 6.07) is -0.0888. The summed E-state index contributed by atoms with van der Waals surface area (Å²) in [5.41, 5.74) is 0. The summed E-state index contributed by atoms with van der Waals surface area (Å²) in [5, 5.41) is 8.09. The van der Waals surface area contributed by atoms with E-state index >= 15 is 0 Å². The molecule has 2 rings (SSSR count). The Morgan fingerprint density at radius 2 is 2.25 bits per heavy atom. The van der Waals surface area contributed by atoms with E-state index in [4.69, 9.17) is 11.6 Å². The molecule has 90 valence electrons. The highest BCUT2D eigenvalue weighted by Crippen LogP contribution is 2.27. The van der Waals surface area contributed by atoms with E-state index in [1.54, 1.807) is 4.57 Å². The molecule has 0 bridgehead atoms. The number of nitrogens with zero attached hydrogens (tertiary/aromatic N) is 3. The summed E-state index contributed by atoms with van der Waals surface area (Å²) in [6.07, 6.45) is 2.32. The number of aromatic nitrogens is 3. The number of hydrogen-bond donors (Lipinski definition) is 0. The number of rotatable bonds is 3. The second-order valence-corrected chi connectivity index (χ2v) is 6.63. The van der Waals surface area contributed by atoms with Crippen molar-refractivity contribution in [3.8, 4) is 0 Å². The molecule has 1 saturated heterocycles. The molecule has 0 saturated carbocycles. The first kappa shape index (κ1) is 11.9. The van der Waals surface area contributed by atoms with Gasteiger partial charge in [0.1, 0.15) is 5.82 Å². The normalized spacial score (nSPS) is 23.8. The van der Waals surface area contributed by atoms with Crippen LogP contribution in [-0.2, 0) is 16.3 Å². The van der Waals surface area contributed by atoms with Crippen LogP contribution in [0, 0.1) is 0 Å². The topological polar surface area (TPSA) is 64.8 Å². The zero-order valence-electron chi connectivity index (χ0n) is 9.06. The number of halogens is 1. The molecule has 0 N–H and O–H groups in total. The van der Waals surface area contributed by atoms with Crippen LogP contribution in [0.25, 0.3) is 0 Å². The zero-order chi connectivity index (χ0) is 11.8. The van der Waals surface area contributed by atoms with Crippen molar-refractivity contribution in [3.05, 3.63) is 11.1 Å². The van der Waals surface area contributed by atoms with Crippen LogP contribution in [0.4, 0.5) is 0 Å². The van der Waals surface area contributed by atoms with Crippen molar-refractivity contribution < 1.29 is 8.42 Å². The molecule has 1 aromatic rings. The highest BCUT2D eigenvalue weighted by atomic mass is 35.5. The third-order valence-corrected chi connectivity index (χ3v) is 4.78. The fourth-order valence-corrected chi connectivity index (χ4v) is 4.01. The van der Waals surface area contributed by atoms with Crippen LogP contribution < -0.4 is 0 Å². The smallest absolute Gasteiger partial charge is 0.225 e.